The second-order valence-corrected chi connectivity index (χ2v) is 7.94. The SMILES string of the molecule is CCCCOc1ccc(NC(=O)C2(c3ccccc3Cl)CCOCC2)cc1C(=O)OC. The number of anilines is 1. The summed E-state index contributed by atoms with van der Waals surface area (Å²) >= 11 is 6.46. The number of amides is 1. The van der Waals surface area contributed by atoms with Gasteiger partial charge in [0, 0.05) is 23.9 Å². The maximum absolute atomic E-state index is 13.5. The Kier molecular flexibility index (Phi) is 7.93. The second kappa shape index (κ2) is 10.6. The number of hydrogen-bond donors (Lipinski definition) is 1. The summed E-state index contributed by atoms with van der Waals surface area (Å²) < 4.78 is 16.1. The van der Waals surface area contributed by atoms with Gasteiger partial charge in [-0.2, -0.15) is 0 Å². The molecule has 0 aromatic heterocycles. The quantitative estimate of drug-likeness (QED) is 0.457. The molecule has 31 heavy (non-hydrogen) atoms. The van der Waals surface area contributed by atoms with Gasteiger partial charge in [-0.05, 0) is 49.1 Å². The normalized spacial score (nSPS) is 15.2. The monoisotopic (exact) mass is 445 g/mol. The van der Waals surface area contributed by atoms with Crippen LogP contribution in [0.15, 0.2) is 42.5 Å². The predicted octanol–water partition coefficient (Wildman–Crippen LogP) is 4.99. The third-order valence-corrected chi connectivity index (χ3v) is 5.90. The van der Waals surface area contributed by atoms with Crippen LogP contribution in [-0.2, 0) is 19.7 Å². The van der Waals surface area contributed by atoms with E-state index in [-0.39, 0.29) is 11.5 Å². The van der Waals surface area contributed by atoms with Crippen LogP contribution in [0.25, 0.3) is 0 Å². The van der Waals surface area contributed by atoms with Crippen LogP contribution in [0.4, 0.5) is 5.69 Å². The summed E-state index contributed by atoms with van der Waals surface area (Å²) in [5, 5.41) is 3.53. The van der Waals surface area contributed by atoms with Crippen molar-refractivity contribution in [1.82, 2.24) is 0 Å². The van der Waals surface area contributed by atoms with E-state index in [0.717, 1.165) is 18.4 Å². The molecular weight excluding hydrogens is 418 g/mol. The number of halogens is 1. The number of hydrogen-bond acceptors (Lipinski definition) is 5. The smallest absolute Gasteiger partial charge is 0.341 e. The number of ether oxygens (including phenoxy) is 3. The average Bonchev–Trinajstić information content (AvgIpc) is 2.80. The van der Waals surface area contributed by atoms with Crippen LogP contribution >= 0.6 is 11.6 Å². The van der Waals surface area contributed by atoms with Gasteiger partial charge in [0.2, 0.25) is 5.91 Å². The highest BCUT2D eigenvalue weighted by Gasteiger charge is 2.43. The number of carbonyl (C=O) groups is 2. The van der Waals surface area contributed by atoms with Gasteiger partial charge in [-0.3, -0.25) is 4.79 Å². The van der Waals surface area contributed by atoms with Gasteiger partial charge in [0.25, 0.3) is 0 Å². The molecule has 1 amide bonds. The lowest BCUT2D eigenvalue weighted by Gasteiger charge is -2.36. The number of methoxy groups -OCH3 is 1. The minimum absolute atomic E-state index is 0.181. The second-order valence-electron chi connectivity index (χ2n) is 7.53. The first-order valence-electron chi connectivity index (χ1n) is 10.5. The van der Waals surface area contributed by atoms with Crippen LogP contribution in [0.2, 0.25) is 5.02 Å². The summed E-state index contributed by atoms with van der Waals surface area (Å²) in [5.74, 6) is -0.265. The minimum atomic E-state index is -0.807. The topological polar surface area (TPSA) is 73.9 Å². The maximum atomic E-state index is 13.5. The maximum Gasteiger partial charge on any atom is 0.341 e. The predicted molar refractivity (Wildman–Crippen MR) is 120 cm³/mol. The van der Waals surface area contributed by atoms with E-state index < -0.39 is 11.4 Å². The zero-order valence-corrected chi connectivity index (χ0v) is 18.7. The van der Waals surface area contributed by atoms with Crippen molar-refractivity contribution in [3.63, 3.8) is 0 Å². The average molecular weight is 446 g/mol. The summed E-state index contributed by atoms with van der Waals surface area (Å²) in [6.45, 7) is 3.50. The van der Waals surface area contributed by atoms with Crippen molar-refractivity contribution in [1.29, 1.82) is 0 Å². The van der Waals surface area contributed by atoms with Gasteiger partial charge >= 0.3 is 5.97 Å². The molecule has 0 unspecified atom stereocenters. The minimum Gasteiger partial charge on any atom is -0.493 e. The standard InChI is InChI=1S/C24H28ClNO5/c1-3-4-13-31-21-10-9-17(16-18(21)22(27)29-2)26-23(28)24(11-14-30-15-12-24)19-7-5-6-8-20(19)25/h5-10,16H,3-4,11-15H2,1-2H3,(H,26,28). The largest absolute Gasteiger partial charge is 0.493 e. The van der Waals surface area contributed by atoms with Gasteiger partial charge in [-0.25, -0.2) is 4.79 Å². The summed E-state index contributed by atoms with van der Waals surface area (Å²) in [6, 6.07) is 12.4. The lowest BCUT2D eigenvalue weighted by atomic mass is 9.73. The highest BCUT2D eigenvalue weighted by molar-refractivity contribution is 6.31. The van der Waals surface area contributed by atoms with Crippen LogP contribution in [0, 0.1) is 0 Å². The Morgan fingerprint density at radius 2 is 1.90 bits per heavy atom. The number of unbranched alkanes of at least 4 members (excludes halogenated alkanes) is 1. The van der Waals surface area contributed by atoms with E-state index >= 15 is 0 Å². The Hall–Kier alpha value is -2.57. The zero-order chi connectivity index (χ0) is 22.3. The van der Waals surface area contributed by atoms with Gasteiger partial charge < -0.3 is 19.5 Å². The third-order valence-electron chi connectivity index (χ3n) is 5.57. The first-order chi connectivity index (χ1) is 15.0. The van der Waals surface area contributed by atoms with E-state index in [2.05, 4.69) is 12.2 Å². The van der Waals surface area contributed by atoms with Crippen molar-refractivity contribution >= 4 is 29.2 Å². The summed E-state index contributed by atoms with van der Waals surface area (Å²) in [5.41, 5.74) is 0.740. The summed E-state index contributed by atoms with van der Waals surface area (Å²) in [4.78, 5) is 25.8. The lowest BCUT2D eigenvalue weighted by molar-refractivity contribution is -0.125. The number of rotatable bonds is 8. The molecule has 2 aromatic rings. The molecule has 7 heteroatoms. The van der Waals surface area contributed by atoms with Crippen molar-refractivity contribution in [2.45, 2.75) is 38.0 Å². The zero-order valence-electron chi connectivity index (χ0n) is 17.9. The first kappa shape index (κ1) is 23.1. The Labute approximate surface area is 187 Å². The van der Waals surface area contributed by atoms with Crippen molar-refractivity contribution in [3.8, 4) is 5.75 Å². The van der Waals surface area contributed by atoms with E-state index in [9.17, 15) is 9.59 Å². The molecule has 0 aliphatic carbocycles. The molecule has 6 nitrogen and oxygen atoms in total. The number of nitrogens with one attached hydrogen (secondary N) is 1. The molecule has 2 aromatic carbocycles. The molecule has 0 spiro atoms. The van der Waals surface area contributed by atoms with Crippen molar-refractivity contribution in [3.05, 3.63) is 58.6 Å². The van der Waals surface area contributed by atoms with E-state index in [1.807, 2.05) is 18.2 Å². The Morgan fingerprint density at radius 3 is 2.58 bits per heavy atom. The number of esters is 1. The van der Waals surface area contributed by atoms with Gasteiger partial charge in [-0.1, -0.05) is 43.1 Å². The first-order valence-corrected chi connectivity index (χ1v) is 10.9. The molecule has 1 saturated heterocycles. The molecule has 3 rings (SSSR count). The Morgan fingerprint density at radius 1 is 1.16 bits per heavy atom. The van der Waals surface area contributed by atoms with Gasteiger partial charge in [-0.15, -0.1) is 0 Å². The van der Waals surface area contributed by atoms with Crippen molar-refractivity contribution in [2.75, 3.05) is 32.2 Å². The number of carbonyl (C=O) groups excluding carboxylic acids is 2. The number of benzene rings is 2. The molecule has 0 saturated carbocycles. The molecule has 0 radical (unpaired) electrons. The molecule has 0 atom stereocenters. The van der Waals surface area contributed by atoms with Crippen LogP contribution in [0.3, 0.4) is 0 Å². The van der Waals surface area contributed by atoms with Crippen molar-refractivity contribution in [2.24, 2.45) is 0 Å². The molecule has 1 aliphatic heterocycles. The van der Waals surface area contributed by atoms with E-state index in [0.29, 0.717) is 49.1 Å². The fourth-order valence-corrected chi connectivity index (χ4v) is 4.08. The highest BCUT2D eigenvalue weighted by atomic mass is 35.5. The molecule has 1 heterocycles. The van der Waals surface area contributed by atoms with Crippen LogP contribution in [-0.4, -0.2) is 38.8 Å². The van der Waals surface area contributed by atoms with Crippen LogP contribution in [0.5, 0.6) is 5.75 Å². The molecule has 1 N–H and O–H groups in total. The fraction of sp³-hybridized carbons (Fsp3) is 0.417. The van der Waals surface area contributed by atoms with Gasteiger partial charge in [0.15, 0.2) is 0 Å². The molecule has 0 bridgehead atoms. The Bertz CT molecular complexity index is 924. The molecule has 1 fully saturated rings. The molecule has 166 valence electrons. The van der Waals surface area contributed by atoms with E-state index in [1.165, 1.54) is 7.11 Å². The van der Waals surface area contributed by atoms with Crippen molar-refractivity contribution < 1.29 is 23.8 Å². The van der Waals surface area contributed by atoms with E-state index in [1.54, 1.807) is 24.3 Å². The summed E-state index contributed by atoms with van der Waals surface area (Å²) in [6.07, 6.45) is 2.90. The molecule has 1 aliphatic rings. The highest BCUT2D eigenvalue weighted by Crippen LogP contribution is 2.40. The molecular formula is C24H28ClNO5. The lowest BCUT2D eigenvalue weighted by Crippen LogP contribution is -2.45. The fourth-order valence-electron chi connectivity index (χ4n) is 3.77. The van der Waals surface area contributed by atoms with Gasteiger partial charge in [0.05, 0.1) is 19.1 Å². The summed E-state index contributed by atoms with van der Waals surface area (Å²) in [7, 11) is 1.32. The van der Waals surface area contributed by atoms with Gasteiger partial charge in [0.1, 0.15) is 11.3 Å². The van der Waals surface area contributed by atoms with Crippen LogP contribution < -0.4 is 10.1 Å². The van der Waals surface area contributed by atoms with Crippen LogP contribution in [0.1, 0.15) is 48.5 Å². The van der Waals surface area contributed by atoms with E-state index in [4.69, 9.17) is 25.8 Å². The third kappa shape index (κ3) is 5.20. The Balaban J connectivity index is 1.90.